The van der Waals surface area contributed by atoms with Gasteiger partial charge in [0.2, 0.25) is 0 Å². The van der Waals surface area contributed by atoms with E-state index in [0.29, 0.717) is 0 Å². The monoisotopic (exact) mass is 297 g/mol. The Kier molecular flexibility index (Phi) is 3.95. The second-order valence-corrected chi connectivity index (χ2v) is 6.20. The van der Waals surface area contributed by atoms with E-state index in [9.17, 15) is 4.39 Å². The summed E-state index contributed by atoms with van der Waals surface area (Å²) in [6, 6.07) is 19.2. The quantitative estimate of drug-likeness (QED) is 0.723. The molecule has 1 atom stereocenters. The third-order valence-electron chi connectivity index (χ3n) is 3.41. The van der Waals surface area contributed by atoms with Crippen molar-refractivity contribution in [3.8, 4) is 0 Å². The van der Waals surface area contributed by atoms with Crippen molar-refractivity contribution in [2.75, 3.05) is 0 Å². The number of hydrogen-bond donors (Lipinski definition) is 1. The number of halogens is 1. The first kappa shape index (κ1) is 14.1. The zero-order valence-electron chi connectivity index (χ0n) is 11.7. The Morgan fingerprint density at radius 2 is 1.71 bits per heavy atom. The Bertz CT molecular complexity index is 783. The maximum atomic E-state index is 13.4. The predicted octanol–water partition coefficient (Wildman–Crippen LogP) is 5.15. The van der Waals surface area contributed by atoms with Gasteiger partial charge in [-0.2, -0.15) is 0 Å². The fourth-order valence-corrected chi connectivity index (χ4v) is 3.40. The first-order valence-corrected chi connectivity index (χ1v) is 7.67. The summed E-state index contributed by atoms with van der Waals surface area (Å²) in [6.45, 7) is 1.87. The molecular weight excluding hydrogens is 281 g/mol. The van der Waals surface area contributed by atoms with Gasteiger partial charge in [0, 0.05) is 15.8 Å². The normalized spacial score (nSPS) is 12.5. The summed E-state index contributed by atoms with van der Waals surface area (Å²) >= 11 is 1.62. The SMILES string of the molecule is CC(N)c1cc(F)ccc1Sc1ccc2ccccc2c1. The van der Waals surface area contributed by atoms with E-state index in [-0.39, 0.29) is 11.9 Å². The van der Waals surface area contributed by atoms with E-state index in [0.717, 1.165) is 15.4 Å². The molecule has 1 nitrogen and oxygen atoms in total. The zero-order valence-corrected chi connectivity index (χ0v) is 12.5. The summed E-state index contributed by atoms with van der Waals surface area (Å²) in [5.41, 5.74) is 6.79. The lowest BCUT2D eigenvalue weighted by Gasteiger charge is -2.12. The van der Waals surface area contributed by atoms with Crippen LogP contribution in [-0.4, -0.2) is 0 Å². The molecule has 0 spiro atoms. The molecule has 0 fully saturated rings. The first-order chi connectivity index (χ1) is 10.1. The number of benzene rings is 3. The molecule has 0 saturated carbocycles. The number of fused-ring (bicyclic) bond motifs is 1. The van der Waals surface area contributed by atoms with Crippen molar-refractivity contribution in [2.45, 2.75) is 22.8 Å². The molecule has 0 heterocycles. The van der Waals surface area contributed by atoms with E-state index in [1.165, 1.54) is 22.9 Å². The molecule has 1 unspecified atom stereocenters. The minimum Gasteiger partial charge on any atom is -0.324 e. The van der Waals surface area contributed by atoms with E-state index in [1.54, 1.807) is 17.8 Å². The molecule has 0 bridgehead atoms. The van der Waals surface area contributed by atoms with Crippen LogP contribution in [0.1, 0.15) is 18.5 Å². The second-order valence-electron chi connectivity index (χ2n) is 5.08. The standard InChI is InChI=1S/C18H16FNS/c1-12(20)17-11-15(19)7-9-18(17)21-16-8-6-13-4-2-3-5-14(13)10-16/h2-12H,20H2,1H3. The highest BCUT2D eigenvalue weighted by Gasteiger charge is 2.10. The van der Waals surface area contributed by atoms with E-state index < -0.39 is 0 Å². The predicted molar refractivity (Wildman–Crippen MR) is 87.1 cm³/mol. The Morgan fingerprint density at radius 3 is 2.48 bits per heavy atom. The second kappa shape index (κ2) is 5.88. The van der Waals surface area contributed by atoms with Gasteiger partial charge in [0.1, 0.15) is 5.82 Å². The third-order valence-corrected chi connectivity index (χ3v) is 4.49. The van der Waals surface area contributed by atoms with Crippen molar-refractivity contribution in [1.29, 1.82) is 0 Å². The number of rotatable bonds is 3. The Morgan fingerprint density at radius 1 is 0.952 bits per heavy atom. The number of hydrogen-bond acceptors (Lipinski definition) is 2. The van der Waals surface area contributed by atoms with Crippen LogP contribution in [0.2, 0.25) is 0 Å². The zero-order chi connectivity index (χ0) is 14.8. The van der Waals surface area contributed by atoms with Gasteiger partial charge in [0.05, 0.1) is 0 Å². The molecule has 0 aliphatic carbocycles. The van der Waals surface area contributed by atoms with Gasteiger partial charge >= 0.3 is 0 Å². The van der Waals surface area contributed by atoms with Gasteiger partial charge < -0.3 is 5.73 Å². The molecule has 3 heteroatoms. The van der Waals surface area contributed by atoms with E-state index >= 15 is 0 Å². The lowest BCUT2D eigenvalue weighted by molar-refractivity contribution is 0.619. The molecule has 3 rings (SSSR count). The van der Waals surface area contributed by atoms with Crippen molar-refractivity contribution < 1.29 is 4.39 Å². The van der Waals surface area contributed by atoms with Crippen LogP contribution in [0.3, 0.4) is 0 Å². The summed E-state index contributed by atoms with van der Waals surface area (Å²) in [5.74, 6) is -0.245. The lowest BCUT2D eigenvalue weighted by Crippen LogP contribution is -2.06. The maximum Gasteiger partial charge on any atom is 0.123 e. The smallest absolute Gasteiger partial charge is 0.123 e. The van der Waals surface area contributed by atoms with Crippen LogP contribution < -0.4 is 5.73 Å². The molecule has 106 valence electrons. The Hall–Kier alpha value is -1.84. The van der Waals surface area contributed by atoms with E-state index in [4.69, 9.17) is 5.73 Å². The van der Waals surface area contributed by atoms with Crippen LogP contribution in [-0.2, 0) is 0 Å². The van der Waals surface area contributed by atoms with Gasteiger partial charge in [-0.3, -0.25) is 0 Å². The van der Waals surface area contributed by atoms with Gasteiger partial charge in [-0.05, 0) is 53.6 Å². The lowest BCUT2D eigenvalue weighted by atomic mass is 10.1. The topological polar surface area (TPSA) is 26.0 Å². The van der Waals surface area contributed by atoms with Crippen LogP contribution in [0.5, 0.6) is 0 Å². The summed E-state index contributed by atoms with van der Waals surface area (Å²) in [6.07, 6.45) is 0. The Labute approximate surface area is 128 Å². The molecule has 0 amide bonds. The van der Waals surface area contributed by atoms with Gasteiger partial charge in [-0.15, -0.1) is 0 Å². The average Bonchev–Trinajstić information content (AvgIpc) is 2.49. The molecule has 3 aromatic carbocycles. The largest absolute Gasteiger partial charge is 0.324 e. The summed E-state index contributed by atoms with van der Waals surface area (Å²) in [5, 5.41) is 2.42. The molecule has 0 aliphatic rings. The number of nitrogens with two attached hydrogens (primary N) is 1. The Balaban J connectivity index is 1.98. The minimum absolute atomic E-state index is 0.191. The van der Waals surface area contributed by atoms with Gasteiger partial charge in [0.15, 0.2) is 0 Å². The molecule has 3 aromatic rings. The van der Waals surface area contributed by atoms with Crippen LogP contribution in [0, 0.1) is 5.82 Å². The van der Waals surface area contributed by atoms with Crippen molar-refractivity contribution >= 4 is 22.5 Å². The molecule has 0 aliphatic heterocycles. The summed E-state index contributed by atoms with van der Waals surface area (Å²) in [7, 11) is 0. The fraction of sp³-hybridized carbons (Fsp3) is 0.111. The average molecular weight is 297 g/mol. The van der Waals surface area contributed by atoms with Crippen molar-refractivity contribution in [2.24, 2.45) is 5.73 Å². The van der Waals surface area contributed by atoms with Crippen LogP contribution in [0.25, 0.3) is 10.8 Å². The van der Waals surface area contributed by atoms with Crippen LogP contribution >= 0.6 is 11.8 Å². The van der Waals surface area contributed by atoms with Crippen molar-refractivity contribution in [3.63, 3.8) is 0 Å². The highest BCUT2D eigenvalue weighted by atomic mass is 32.2. The summed E-state index contributed by atoms with van der Waals surface area (Å²) < 4.78 is 13.4. The van der Waals surface area contributed by atoms with E-state index in [1.807, 2.05) is 19.1 Å². The highest BCUT2D eigenvalue weighted by molar-refractivity contribution is 7.99. The van der Waals surface area contributed by atoms with Crippen LogP contribution in [0.4, 0.5) is 4.39 Å². The van der Waals surface area contributed by atoms with Gasteiger partial charge in [-0.1, -0.05) is 42.1 Å². The molecule has 0 aromatic heterocycles. The molecular formula is C18H16FNS. The van der Waals surface area contributed by atoms with Gasteiger partial charge in [0.25, 0.3) is 0 Å². The summed E-state index contributed by atoms with van der Waals surface area (Å²) in [4.78, 5) is 2.13. The molecule has 0 radical (unpaired) electrons. The van der Waals surface area contributed by atoms with Gasteiger partial charge in [-0.25, -0.2) is 4.39 Å². The molecule has 2 N–H and O–H groups in total. The maximum absolute atomic E-state index is 13.4. The highest BCUT2D eigenvalue weighted by Crippen LogP contribution is 2.34. The van der Waals surface area contributed by atoms with Crippen molar-refractivity contribution in [3.05, 3.63) is 72.0 Å². The fourth-order valence-electron chi connectivity index (χ4n) is 2.33. The minimum atomic E-state index is -0.245. The van der Waals surface area contributed by atoms with E-state index in [2.05, 4.69) is 30.3 Å². The van der Waals surface area contributed by atoms with Crippen LogP contribution in [0.15, 0.2) is 70.5 Å². The first-order valence-electron chi connectivity index (χ1n) is 6.85. The van der Waals surface area contributed by atoms with Crippen molar-refractivity contribution in [1.82, 2.24) is 0 Å². The third kappa shape index (κ3) is 3.09. The molecule has 0 saturated heterocycles. The molecule has 21 heavy (non-hydrogen) atoms.